The van der Waals surface area contributed by atoms with Gasteiger partial charge in [-0.05, 0) is 54.3 Å². The van der Waals surface area contributed by atoms with Crippen molar-refractivity contribution in [3.8, 4) is 11.3 Å². The quantitative estimate of drug-likeness (QED) is 0.440. The number of nitrogens with two attached hydrogens (primary N) is 1. The van der Waals surface area contributed by atoms with Crippen LogP contribution < -0.4 is 11.3 Å². The van der Waals surface area contributed by atoms with Crippen LogP contribution in [0.15, 0.2) is 65.5 Å². The molecule has 5 nitrogen and oxygen atoms in total. The molecule has 0 saturated carbocycles. The summed E-state index contributed by atoms with van der Waals surface area (Å²) in [6.07, 6.45) is 1.94. The van der Waals surface area contributed by atoms with Crippen LogP contribution in [0, 0.1) is 5.92 Å². The molecule has 3 heterocycles. The van der Waals surface area contributed by atoms with Crippen LogP contribution in [0.4, 0.5) is 0 Å². The van der Waals surface area contributed by atoms with Crippen molar-refractivity contribution in [3.05, 3.63) is 76.7 Å². The Labute approximate surface area is 173 Å². The molecule has 1 atom stereocenters. The third kappa shape index (κ3) is 2.52. The zero-order valence-electron chi connectivity index (χ0n) is 16.6. The van der Waals surface area contributed by atoms with E-state index >= 15 is 0 Å². The second kappa shape index (κ2) is 6.54. The third-order valence-electron chi connectivity index (χ3n) is 6.45. The largest absolute Gasteiger partial charge is 0.344 e. The molecule has 0 aliphatic carbocycles. The van der Waals surface area contributed by atoms with Gasteiger partial charge in [-0.25, -0.2) is 4.98 Å². The van der Waals surface area contributed by atoms with E-state index in [-0.39, 0.29) is 5.56 Å². The molecule has 6 rings (SSSR count). The molecule has 3 aromatic carbocycles. The molecule has 1 aliphatic rings. The summed E-state index contributed by atoms with van der Waals surface area (Å²) < 4.78 is 2.35. The summed E-state index contributed by atoms with van der Waals surface area (Å²) in [6.45, 7) is 1.59. The number of rotatable bonds is 2. The van der Waals surface area contributed by atoms with Crippen LogP contribution in [-0.2, 0) is 13.0 Å². The molecule has 0 radical (unpaired) electrons. The molecule has 1 unspecified atom stereocenters. The number of aromatic amines is 1. The molecule has 148 valence electrons. The van der Waals surface area contributed by atoms with E-state index in [4.69, 9.17) is 10.7 Å². The van der Waals surface area contributed by atoms with Crippen molar-refractivity contribution in [2.24, 2.45) is 11.7 Å². The van der Waals surface area contributed by atoms with E-state index in [9.17, 15) is 4.79 Å². The second-order valence-electron chi connectivity index (χ2n) is 8.22. The lowest BCUT2D eigenvalue weighted by Gasteiger charge is -2.24. The topological polar surface area (TPSA) is 76.7 Å². The van der Waals surface area contributed by atoms with E-state index in [2.05, 4.69) is 39.9 Å². The number of hydrogen-bond donors (Lipinski definition) is 2. The number of aryl methyl sites for hydroxylation is 1. The molecule has 0 spiro atoms. The maximum absolute atomic E-state index is 13.2. The number of aromatic nitrogens is 3. The minimum Gasteiger partial charge on any atom is -0.344 e. The molecule has 0 fully saturated rings. The Bertz CT molecular complexity index is 1490. The number of hydrogen-bond acceptors (Lipinski definition) is 3. The highest BCUT2D eigenvalue weighted by Gasteiger charge is 2.27. The first-order valence-electron chi connectivity index (χ1n) is 10.5. The monoisotopic (exact) mass is 394 g/mol. The number of nitrogens with zero attached hydrogens (tertiary/aromatic N) is 2. The van der Waals surface area contributed by atoms with E-state index in [1.165, 1.54) is 5.69 Å². The van der Waals surface area contributed by atoms with Crippen molar-refractivity contribution in [3.63, 3.8) is 0 Å². The number of nitrogens with one attached hydrogen (secondary N) is 1. The summed E-state index contributed by atoms with van der Waals surface area (Å²) in [5.41, 5.74) is 11.2. The van der Waals surface area contributed by atoms with Gasteiger partial charge in [-0.2, -0.15) is 0 Å². The Morgan fingerprint density at radius 3 is 2.67 bits per heavy atom. The summed E-state index contributed by atoms with van der Waals surface area (Å²) in [5, 5.41) is 3.29. The van der Waals surface area contributed by atoms with Gasteiger partial charge in [0.1, 0.15) is 5.69 Å². The van der Waals surface area contributed by atoms with E-state index in [0.29, 0.717) is 18.2 Å². The zero-order chi connectivity index (χ0) is 20.2. The maximum Gasteiger partial charge on any atom is 0.275 e. The highest BCUT2D eigenvalue weighted by atomic mass is 16.1. The van der Waals surface area contributed by atoms with Crippen LogP contribution in [-0.4, -0.2) is 21.1 Å². The van der Waals surface area contributed by atoms with Gasteiger partial charge in [-0.3, -0.25) is 4.79 Å². The molecule has 3 N–H and O–H groups in total. The van der Waals surface area contributed by atoms with E-state index in [1.54, 1.807) is 0 Å². The first kappa shape index (κ1) is 17.4. The van der Waals surface area contributed by atoms with Crippen molar-refractivity contribution >= 4 is 32.7 Å². The summed E-state index contributed by atoms with van der Waals surface area (Å²) in [5.74, 6) is 0.434. The van der Waals surface area contributed by atoms with Gasteiger partial charge in [0.15, 0.2) is 0 Å². The van der Waals surface area contributed by atoms with Gasteiger partial charge in [0.25, 0.3) is 5.56 Å². The van der Waals surface area contributed by atoms with Gasteiger partial charge in [-0.1, -0.05) is 42.5 Å². The number of benzene rings is 3. The lowest BCUT2D eigenvalue weighted by Crippen LogP contribution is -2.25. The number of fused-ring (bicyclic) bond motifs is 5. The molecule has 5 aromatic rings. The SMILES string of the molecule is NCC1CCn2c(c(-c3nc4cc5ccccc5cc4[nH]c3=O)c3ccccc32)C1. The predicted octanol–water partition coefficient (Wildman–Crippen LogP) is 4.22. The highest BCUT2D eigenvalue weighted by molar-refractivity contribution is 5.99. The Morgan fingerprint density at radius 1 is 1.07 bits per heavy atom. The first-order chi connectivity index (χ1) is 14.7. The number of H-pyrrole nitrogens is 1. The van der Waals surface area contributed by atoms with Gasteiger partial charge in [-0.15, -0.1) is 0 Å². The third-order valence-corrected chi connectivity index (χ3v) is 6.45. The zero-order valence-corrected chi connectivity index (χ0v) is 16.6. The predicted molar refractivity (Wildman–Crippen MR) is 122 cm³/mol. The molecule has 5 heteroatoms. The standard InChI is InChI=1S/C25H22N4O/c26-14-15-9-10-29-21-8-4-3-7-18(21)23(22(29)11-15)24-25(30)28-20-13-17-6-2-1-5-16(17)12-19(20)27-24/h1-8,12-13,15H,9-11,14,26H2,(H,28,30). The van der Waals surface area contributed by atoms with Crippen molar-refractivity contribution in [2.45, 2.75) is 19.4 Å². The van der Waals surface area contributed by atoms with Crippen LogP contribution in [0.1, 0.15) is 12.1 Å². The fraction of sp³-hybridized carbons (Fsp3) is 0.200. The fourth-order valence-corrected chi connectivity index (χ4v) is 4.92. The molecule has 30 heavy (non-hydrogen) atoms. The van der Waals surface area contributed by atoms with Crippen molar-refractivity contribution in [1.82, 2.24) is 14.5 Å². The normalized spacial score (nSPS) is 16.4. The Kier molecular flexibility index (Phi) is 3.80. The average Bonchev–Trinajstić information content (AvgIpc) is 3.10. The van der Waals surface area contributed by atoms with Crippen molar-refractivity contribution < 1.29 is 0 Å². The highest BCUT2D eigenvalue weighted by Crippen LogP contribution is 2.37. The van der Waals surface area contributed by atoms with Crippen LogP contribution in [0.3, 0.4) is 0 Å². The lowest BCUT2D eigenvalue weighted by atomic mass is 9.93. The molecule has 0 bridgehead atoms. The summed E-state index contributed by atoms with van der Waals surface area (Å²) in [7, 11) is 0. The first-order valence-corrected chi connectivity index (χ1v) is 10.5. The van der Waals surface area contributed by atoms with Gasteiger partial charge >= 0.3 is 0 Å². The molecule has 0 amide bonds. The van der Waals surface area contributed by atoms with Crippen molar-refractivity contribution in [2.75, 3.05) is 6.54 Å². The van der Waals surface area contributed by atoms with Crippen LogP contribution >= 0.6 is 0 Å². The van der Waals surface area contributed by atoms with E-state index in [0.717, 1.165) is 57.7 Å². The van der Waals surface area contributed by atoms with Crippen LogP contribution in [0.5, 0.6) is 0 Å². The van der Waals surface area contributed by atoms with Gasteiger partial charge in [0.2, 0.25) is 0 Å². The minimum atomic E-state index is -0.146. The van der Waals surface area contributed by atoms with Gasteiger partial charge < -0.3 is 15.3 Å². The summed E-state index contributed by atoms with van der Waals surface area (Å²) in [6, 6.07) is 20.5. The molecule has 1 aliphatic heterocycles. The van der Waals surface area contributed by atoms with Gasteiger partial charge in [0.05, 0.1) is 11.0 Å². The number of para-hydroxylation sites is 1. The average molecular weight is 394 g/mol. The Hall–Kier alpha value is -3.44. The Morgan fingerprint density at radius 2 is 1.83 bits per heavy atom. The van der Waals surface area contributed by atoms with Crippen LogP contribution in [0.2, 0.25) is 0 Å². The summed E-state index contributed by atoms with van der Waals surface area (Å²) >= 11 is 0. The van der Waals surface area contributed by atoms with Crippen molar-refractivity contribution in [1.29, 1.82) is 0 Å². The minimum absolute atomic E-state index is 0.146. The van der Waals surface area contributed by atoms with E-state index in [1.807, 2.05) is 30.3 Å². The molecule has 0 saturated heterocycles. The van der Waals surface area contributed by atoms with Crippen LogP contribution in [0.25, 0.3) is 44.0 Å². The smallest absolute Gasteiger partial charge is 0.275 e. The molecular formula is C25H22N4O. The Balaban J connectivity index is 1.66. The lowest BCUT2D eigenvalue weighted by molar-refractivity contribution is 0.403. The molecular weight excluding hydrogens is 372 g/mol. The van der Waals surface area contributed by atoms with E-state index < -0.39 is 0 Å². The second-order valence-corrected chi connectivity index (χ2v) is 8.22. The maximum atomic E-state index is 13.2. The van der Waals surface area contributed by atoms with Gasteiger partial charge in [0, 0.05) is 28.7 Å². The fourth-order valence-electron chi connectivity index (χ4n) is 4.92. The summed E-state index contributed by atoms with van der Waals surface area (Å²) in [4.78, 5) is 21.2. The molecule has 2 aromatic heterocycles.